The van der Waals surface area contributed by atoms with Crippen molar-refractivity contribution in [3.05, 3.63) is 24.3 Å². The van der Waals surface area contributed by atoms with Gasteiger partial charge in [0.1, 0.15) is 0 Å². The van der Waals surface area contributed by atoms with Gasteiger partial charge < -0.3 is 20.4 Å². The van der Waals surface area contributed by atoms with Crippen LogP contribution in [0, 0.1) is 11.3 Å². The van der Waals surface area contributed by atoms with Gasteiger partial charge in [0.2, 0.25) is 5.60 Å². The average molecular weight is 256 g/mol. The number of carbonyl (C=O) groups is 2. The molecule has 6 heteroatoms. The molecule has 0 aliphatic heterocycles. The van der Waals surface area contributed by atoms with Crippen molar-refractivity contribution in [3.8, 4) is 0 Å². The van der Waals surface area contributed by atoms with Crippen LogP contribution in [0.5, 0.6) is 0 Å². The normalized spacial score (nSPS) is 31.7. The van der Waals surface area contributed by atoms with Crippen LogP contribution in [0.3, 0.4) is 0 Å². The summed E-state index contributed by atoms with van der Waals surface area (Å²) in [5.41, 5.74) is -4.23. The van der Waals surface area contributed by atoms with Crippen LogP contribution in [0.4, 0.5) is 0 Å². The van der Waals surface area contributed by atoms with Gasteiger partial charge in [-0.05, 0) is 5.92 Å². The largest absolute Gasteiger partial charge is 0.479 e. The quantitative estimate of drug-likeness (QED) is 0.563. The van der Waals surface area contributed by atoms with E-state index < -0.39 is 35.0 Å². The summed E-state index contributed by atoms with van der Waals surface area (Å²) in [6.45, 7) is 3.04. The van der Waals surface area contributed by atoms with Gasteiger partial charge in [-0.2, -0.15) is 0 Å². The molecule has 1 aliphatic rings. The number of aliphatic carboxylic acids is 2. The fraction of sp³-hybridized carbons (Fsp3) is 0.500. The molecular formula is C12H16O6. The minimum Gasteiger partial charge on any atom is -0.479 e. The molecule has 1 aliphatic carbocycles. The number of rotatable bonds is 4. The fourth-order valence-corrected chi connectivity index (χ4v) is 2.13. The van der Waals surface area contributed by atoms with E-state index in [2.05, 4.69) is 0 Å². The third kappa shape index (κ3) is 1.83. The lowest BCUT2D eigenvalue weighted by Gasteiger charge is -2.45. The van der Waals surface area contributed by atoms with Crippen molar-refractivity contribution in [2.45, 2.75) is 25.6 Å². The van der Waals surface area contributed by atoms with Gasteiger partial charge in [0.25, 0.3) is 0 Å². The molecule has 0 heterocycles. The minimum atomic E-state index is -2.81. The van der Waals surface area contributed by atoms with Crippen molar-refractivity contribution in [3.63, 3.8) is 0 Å². The first-order valence-electron chi connectivity index (χ1n) is 5.40. The molecule has 100 valence electrons. The highest BCUT2D eigenvalue weighted by atomic mass is 16.4. The van der Waals surface area contributed by atoms with Gasteiger partial charge in [0, 0.05) is 5.41 Å². The van der Waals surface area contributed by atoms with Crippen LogP contribution in [-0.2, 0) is 9.59 Å². The molecule has 0 bridgehead atoms. The highest BCUT2D eigenvalue weighted by molar-refractivity contribution is 5.88. The van der Waals surface area contributed by atoms with Crippen molar-refractivity contribution in [2.75, 3.05) is 0 Å². The van der Waals surface area contributed by atoms with Crippen LogP contribution in [0.1, 0.15) is 13.8 Å². The lowest BCUT2D eigenvalue weighted by atomic mass is 9.61. The van der Waals surface area contributed by atoms with E-state index in [1.54, 1.807) is 19.1 Å². The second-order valence-corrected chi connectivity index (χ2v) is 4.63. The monoisotopic (exact) mass is 256 g/mol. The third-order valence-electron chi connectivity index (χ3n) is 3.68. The van der Waals surface area contributed by atoms with E-state index in [0.717, 1.165) is 0 Å². The Balaban J connectivity index is 3.37. The topological polar surface area (TPSA) is 115 Å². The van der Waals surface area contributed by atoms with E-state index >= 15 is 0 Å². The molecule has 6 nitrogen and oxygen atoms in total. The van der Waals surface area contributed by atoms with Crippen molar-refractivity contribution in [2.24, 2.45) is 11.3 Å². The standard InChI is InChI=1S/C12H16O6/c1-7-5-3-4-6-11(7,2)12(18,10(16)17)8(13)9(14)15/h3-8,13,18H,1-2H3,(H,14,15)(H,16,17)/t7?,8-,11?,12+/m0/s1. The zero-order valence-electron chi connectivity index (χ0n) is 10.1. The van der Waals surface area contributed by atoms with Crippen LogP contribution in [0.2, 0.25) is 0 Å². The van der Waals surface area contributed by atoms with Crippen LogP contribution in [-0.4, -0.2) is 44.1 Å². The molecule has 0 aromatic rings. The number of aliphatic hydroxyl groups excluding tert-OH is 1. The molecule has 0 aromatic heterocycles. The lowest BCUT2D eigenvalue weighted by molar-refractivity contribution is -0.202. The Labute approximate surface area is 104 Å². The number of carboxylic acids is 2. The van der Waals surface area contributed by atoms with Crippen molar-refractivity contribution >= 4 is 11.9 Å². The summed E-state index contributed by atoms with van der Waals surface area (Å²) in [7, 11) is 0. The maximum atomic E-state index is 11.3. The maximum Gasteiger partial charge on any atom is 0.340 e. The molecule has 0 saturated carbocycles. The van der Waals surface area contributed by atoms with Gasteiger partial charge in [-0.1, -0.05) is 38.2 Å². The molecule has 4 atom stereocenters. The first kappa shape index (κ1) is 14.4. The molecule has 0 aromatic carbocycles. The Morgan fingerprint density at radius 1 is 1.33 bits per heavy atom. The van der Waals surface area contributed by atoms with E-state index in [4.69, 9.17) is 10.2 Å². The number of hydrogen-bond acceptors (Lipinski definition) is 4. The van der Waals surface area contributed by atoms with Gasteiger partial charge in [0.05, 0.1) is 0 Å². The third-order valence-corrected chi connectivity index (χ3v) is 3.68. The second kappa shape index (κ2) is 4.55. The van der Waals surface area contributed by atoms with Crippen molar-refractivity contribution < 1.29 is 30.0 Å². The van der Waals surface area contributed by atoms with E-state index in [-0.39, 0.29) is 0 Å². The Hall–Kier alpha value is -1.66. The van der Waals surface area contributed by atoms with Crippen LogP contribution in [0.15, 0.2) is 24.3 Å². The van der Waals surface area contributed by atoms with Gasteiger partial charge in [-0.3, -0.25) is 0 Å². The minimum absolute atomic E-state index is 0.447. The summed E-state index contributed by atoms with van der Waals surface area (Å²) in [5, 5.41) is 37.8. The van der Waals surface area contributed by atoms with Gasteiger partial charge in [0.15, 0.2) is 6.10 Å². The smallest absolute Gasteiger partial charge is 0.340 e. The average Bonchev–Trinajstić information content (AvgIpc) is 2.30. The van der Waals surface area contributed by atoms with Crippen molar-refractivity contribution in [1.29, 1.82) is 0 Å². The molecule has 0 amide bonds. The van der Waals surface area contributed by atoms with Crippen LogP contribution < -0.4 is 0 Å². The fourth-order valence-electron chi connectivity index (χ4n) is 2.13. The summed E-state index contributed by atoms with van der Waals surface area (Å²) >= 11 is 0. The highest BCUT2D eigenvalue weighted by Crippen LogP contribution is 2.45. The highest BCUT2D eigenvalue weighted by Gasteiger charge is 2.61. The molecule has 4 N–H and O–H groups in total. The van der Waals surface area contributed by atoms with Gasteiger partial charge in [-0.15, -0.1) is 0 Å². The number of hydrogen-bond donors (Lipinski definition) is 4. The predicted molar refractivity (Wildman–Crippen MR) is 61.8 cm³/mol. The SMILES string of the molecule is CC1C=CC=CC1(C)[C@](O)(C(=O)O)[C@@H](O)C(=O)O. The Morgan fingerprint density at radius 2 is 1.89 bits per heavy atom. The van der Waals surface area contributed by atoms with E-state index in [1.807, 2.05) is 0 Å². The molecule has 0 saturated heterocycles. The van der Waals surface area contributed by atoms with E-state index in [9.17, 15) is 19.8 Å². The zero-order chi connectivity index (χ0) is 14.1. The van der Waals surface area contributed by atoms with E-state index in [1.165, 1.54) is 19.1 Å². The lowest BCUT2D eigenvalue weighted by Crippen LogP contribution is -2.64. The molecule has 2 unspecified atom stereocenters. The summed E-state index contributed by atoms with van der Waals surface area (Å²) in [6.07, 6.45) is 3.81. The zero-order valence-corrected chi connectivity index (χ0v) is 10.1. The number of allylic oxidation sites excluding steroid dienone is 3. The Bertz CT molecular complexity index is 426. The summed E-state index contributed by atoms with van der Waals surface area (Å²) in [4.78, 5) is 22.1. The molecular weight excluding hydrogens is 240 g/mol. The first-order chi connectivity index (χ1) is 8.18. The second-order valence-electron chi connectivity index (χ2n) is 4.63. The summed E-state index contributed by atoms with van der Waals surface area (Å²) < 4.78 is 0. The molecule has 0 spiro atoms. The van der Waals surface area contributed by atoms with Gasteiger partial charge in [-0.25, -0.2) is 9.59 Å². The molecule has 0 radical (unpaired) electrons. The Kier molecular flexibility index (Phi) is 3.64. The maximum absolute atomic E-state index is 11.3. The van der Waals surface area contributed by atoms with Crippen LogP contribution in [0.25, 0.3) is 0 Å². The summed E-state index contributed by atoms with van der Waals surface area (Å²) in [6, 6.07) is 0. The number of aliphatic hydroxyl groups is 2. The molecule has 18 heavy (non-hydrogen) atoms. The first-order valence-corrected chi connectivity index (χ1v) is 5.40. The molecule has 0 fully saturated rings. The summed E-state index contributed by atoms with van der Waals surface area (Å²) in [5.74, 6) is -4.00. The number of carboxylic acid groups (broad SMARTS) is 2. The molecule has 1 rings (SSSR count). The predicted octanol–water partition coefficient (Wildman–Crippen LogP) is 0.0160. The van der Waals surface area contributed by atoms with E-state index in [0.29, 0.717) is 0 Å². The van der Waals surface area contributed by atoms with Crippen LogP contribution >= 0.6 is 0 Å². The van der Waals surface area contributed by atoms with Crippen molar-refractivity contribution in [1.82, 2.24) is 0 Å². The Morgan fingerprint density at radius 3 is 2.28 bits per heavy atom. The van der Waals surface area contributed by atoms with Gasteiger partial charge >= 0.3 is 11.9 Å².